The van der Waals surface area contributed by atoms with Crippen LogP contribution in [0.2, 0.25) is 0 Å². The predicted octanol–water partition coefficient (Wildman–Crippen LogP) is 2.12. The maximum Gasteiger partial charge on any atom is 0.254 e. The van der Waals surface area contributed by atoms with Crippen LogP contribution in [0.1, 0.15) is 48.2 Å². The van der Waals surface area contributed by atoms with Crippen LogP contribution in [0.5, 0.6) is 0 Å². The van der Waals surface area contributed by atoms with Gasteiger partial charge in [-0.1, -0.05) is 12.1 Å². The molecule has 1 aromatic rings. The summed E-state index contributed by atoms with van der Waals surface area (Å²) in [6.45, 7) is 4.80. The highest BCUT2D eigenvalue weighted by molar-refractivity contribution is 5.98. The Morgan fingerprint density at radius 3 is 2.72 bits per heavy atom. The molecule has 1 N–H and O–H groups in total. The third-order valence-electron chi connectivity index (χ3n) is 3.99. The second-order valence-corrected chi connectivity index (χ2v) is 5.92. The molecule has 1 aromatic carbocycles. The van der Waals surface area contributed by atoms with Crippen molar-refractivity contribution in [3.63, 3.8) is 0 Å². The molecule has 0 bridgehead atoms. The van der Waals surface area contributed by atoms with Crippen molar-refractivity contribution in [2.24, 2.45) is 0 Å². The van der Waals surface area contributed by atoms with Crippen LogP contribution in [0.15, 0.2) is 18.2 Å². The number of rotatable bonds is 3. The summed E-state index contributed by atoms with van der Waals surface area (Å²) in [7, 11) is 0. The van der Waals surface area contributed by atoms with E-state index in [0.29, 0.717) is 6.42 Å². The lowest BCUT2D eigenvalue weighted by Crippen LogP contribution is -2.30. The molecule has 0 atom stereocenters. The number of benzene rings is 1. The Bertz CT molecular complexity index is 503. The minimum atomic E-state index is -0.492. The van der Waals surface area contributed by atoms with Crippen LogP contribution in [-0.4, -0.2) is 27.6 Å². The Labute approximate surface area is 107 Å². The fourth-order valence-electron chi connectivity index (χ4n) is 2.60. The van der Waals surface area contributed by atoms with Crippen molar-refractivity contribution in [1.29, 1.82) is 0 Å². The fourth-order valence-corrected chi connectivity index (χ4v) is 2.60. The molecule has 0 radical (unpaired) electrons. The molecular formula is C15H19NO2. The first-order valence-corrected chi connectivity index (χ1v) is 6.64. The van der Waals surface area contributed by atoms with E-state index in [9.17, 15) is 9.90 Å². The van der Waals surface area contributed by atoms with Gasteiger partial charge < -0.3 is 10.0 Å². The van der Waals surface area contributed by atoms with Crippen molar-refractivity contribution in [2.45, 2.75) is 51.3 Å². The lowest BCUT2D eigenvalue weighted by molar-refractivity contribution is 0.0730. The summed E-state index contributed by atoms with van der Waals surface area (Å²) in [5.41, 5.74) is 2.52. The van der Waals surface area contributed by atoms with E-state index < -0.39 is 5.60 Å². The normalized spacial score (nSPS) is 20.4. The summed E-state index contributed by atoms with van der Waals surface area (Å²) >= 11 is 0. The number of fused-ring (bicyclic) bond motifs is 1. The minimum absolute atomic E-state index is 0.129. The summed E-state index contributed by atoms with van der Waals surface area (Å²) in [6, 6.07) is 6.29. The van der Waals surface area contributed by atoms with Gasteiger partial charge in [0.25, 0.3) is 5.91 Å². The molecule has 18 heavy (non-hydrogen) atoms. The van der Waals surface area contributed by atoms with Crippen LogP contribution < -0.4 is 0 Å². The SMILES string of the molecule is CC(C)N1Cc2ccc(CC3(O)CC3)cc2C1=O. The van der Waals surface area contributed by atoms with Gasteiger partial charge in [-0.3, -0.25) is 4.79 Å². The molecule has 2 aliphatic rings. The molecule has 1 fully saturated rings. The van der Waals surface area contributed by atoms with Gasteiger partial charge in [0.15, 0.2) is 0 Å². The quantitative estimate of drug-likeness (QED) is 0.886. The molecule has 0 saturated heterocycles. The van der Waals surface area contributed by atoms with E-state index in [4.69, 9.17) is 0 Å². The Balaban J connectivity index is 1.87. The topological polar surface area (TPSA) is 40.5 Å². The highest BCUT2D eigenvalue weighted by atomic mass is 16.3. The molecule has 1 heterocycles. The van der Waals surface area contributed by atoms with Crippen LogP contribution in [0.3, 0.4) is 0 Å². The molecule has 0 unspecified atom stereocenters. The van der Waals surface area contributed by atoms with E-state index in [2.05, 4.69) is 0 Å². The second-order valence-electron chi connectivity index (χ2n) is 5.92. The predicted molar refractivity (Wildman–Crippen MR) is 69.3 cm³/mol. The summed E-state index contributed by atoms with van der Waals surface area (Å²) in [6.07, 6.45) is 2.45. The first kappa shape index (κ1) is 11.7. The Morgan fingerprint density at radius 1 is 1.39 bits per heavy atom. The standard InChI is InChI=1S/C15H19NO2/c1-10(2)16-9-12-4-3-11(7-13(12)14(16)17)8-15(18)5-6-15/h3-4,7,10,18H,5-6,8-9H2,1-2H3. The van der Waals surface area contributed by atoms with Crippen molar-refractivity contribution in [3.05, 3.63) is 34.9 Å². The molecular weight excluding hydrogens is 226 g/mol. The third-order valence-corrected chi connectivity index (χ3v) is 3.99. The molecule has 3 nitrogen and oxygen atoms in total. The Morgan fingerprint density at radius 2 is 2.11 bits per heavy atom. The lowest BCUT2D eigenvalue weighted by Gasteiger charge is -2.19. The number of carbonyl (C=O) groups is 1. The minimum Gasteiger partial charge on any atom is -0.390 e. The molecule has 0 aromatic heterocycles. The largest absolute Gasteiger partial charge is 0.390 e. The summed E-state index contributed by atoms with van der Waals surface area (Å²) in [5, 5.41) is 9.94. The highest BCUT2D eigenvalue weighted by Gasteiger charge is 2.40. The molecule has 1 aliphatic heterocycles. The molecule has 96 valence electrons. The van der Waals surface area contributed by atoms with Crippen LogP contribution in [0, 0.1) is 0 Å². The number of carbonyl (C=O) groups excluding carboxylic acids is 1. The van der Waals surface area contributed by atoms with Crippen LogP contribution >= 0.6 is 0 Å². The van der Waals surface area contributed by atoms with Crippen molar-refractivity contribution in [3.8, 4) is 0 Å². The van der Waals surface area contributed by atoms with Crippen molar-refractivity contribution < 1.29 is 9.90 Å². The van der Waals surface area contributed by atoms with Gasteiger partial charge in [0.1, 0.15) is 0 Å². The van der Waals surface area contributed by atoms with Gasteiger partial charge in [0.05, 0.1) is 5.60 Å². The van der Waals surface area contributed by atoms with Gasteiger partial charge in [0.2, 0.25) is 0 Å². The zero-order valence-electron chi connectivity index (χ0n) is 10.9. The lowest BCUT2D eigenvalue weighted by atomic mass is 10.0. The third kappa shape index (κ3) is 1.93. The number of nitrogens with zero attached hydrogens (tertiary/aromatic N) is 1. The average Bonchev–Trinajstić information content (AvgIpc) is 2.93. The molecule has 1 aliphatic carbocycles. The zero-order chi connectivity index (χ0) is 12.9. The zero-order valence-corrected chi connectivity index (χ0v) is 10.9. The molecule has 1 saturated carbocycles. The smallest absolute Gasteiger partial charge is 0.254 e. The molecule has 3 rings (SSSR count). The van der Waals surface area contributed by atoms with Gasteiger partial charge in [-0.25, -0.2) is 0 Å². The Kier molecular flexibility index (Phi) is 2.49. The van der Waals surface area contributed by atoms with E-state index in [1.807, 2.05) is 36.9 Å². The maximum atomic E-state index is 12.2. The van der Waals surface area contributed by atoms with E-state index in [-0.39, 0.29) is 11.9 Å². The second kappa shape index (κ2) is 3.82. The van der Waals surface area contributed by atoms with Gasteiger partial charge in [-0.05, 0) is 43.9 Å². The number of aliphatic hydroxyl groups is 1. The molecule has 1 amide bonds. The molecule has 3 heteroatoms. The number of hydrogen-bond donors (Lipinski definition) is 1. The monoisotopic (exact) mass is 245 g/mol. The molecule has 0 spiro atoms. The van der Waals surface area contributed by atoms with Crippen LogP contribution in [0.25, 0.3) is 0 Å². The van der Waals surface area contributed by atoms with Crippen molar-refractivity contribution >= 4 is 5.91 Å². The van der Waals surface area contributed by atoms with Gasteiger partial charge in [-0.15, -0.1) is 0 Å². The first-order valence-electron chi connectivity index (χ1n) is 6.64. The van der Waals surface area contributed by atoms with E-state index in [1.54, 1.807) is 0 Å². The van der Waals surface area contributed by atoms with Crippen molar-refractivity contribution in [1.82, 2.24) is 4.90 Å². The van der Waals surface area contributed by atoms with E-state index in [0.717, 1.165) is 36.1 Å². The van der Waals surface area contributed by atoms with E-state index >= 15 is 0 Å². The summed E-state index contributed by atoms with van der Waals surface area (Å²) in [5.74, 6) is 0.129. The van der Waals surface area contributed by atoms with Gasteiger partial charge >= 0.3 is 0 Å². The van der Waals surface area contributed by atoms with Crippen LogP contribution in [-0.2, 0) is 13.0 Å². The van der Waals surface area contributed by atoms with E-state index in [1.165, 1.54) is 0 Å². The van der Waals surface area contributed by atoms with Crippen molar-refractivity contribution in [2.75, 3.05) is 0 Å². The fraction of sp³-hybridized carbons (Fsp3) is 0.533. The van der Waals surface area contributed by atoms with Gasteiger partial charge in [0, 0.05) is 24.6 Å². The summed E-state index contributed by atoms with van der Waals surface area (Å²) in [4.78, 5) is 14.1. The average molecular weight is 245 g/mol. The highest BCUT2D eigenvalue weighted by Crippen LogP contribution is 2.38. The first-order chi connectivity index (χ1) is 8.48. The Hall–Kier alpha value is -1.35. The number of hydrogen-bond acceptors (Lipinski definition) is 2. The maximum absolute atomic E-state index is 12.2. The van der Waals surface area contributed by atoms with Crippen LogP contribution in [0.4, 0.5) is 0 Å². The van der Waals surface area contributed by atoms with Gasteiger partial charge in [-0.2, -0.15) is 0 Å². The summed E-state index contributed by atoms with van der Waals surface area (Å²) < 4.78 is 0. The number of amides is 1.